The van der Waals surface area contributed by atoms with Crippen LogP contribution in [0.25, 0.3) is 0 Å². The van der Waals surface area contributed by atoms with Gasteiger partial charge in [-0.1, -0.05) is 12.1 Å². The van der Waals surface area contributed by atoms with Crippen molar-refractivity contribution in [2.75, 3.05) is 12.5 Å². The molecular weight excluding hydrogens is 203 g/mol. The molecule has 2 atom stereocenters. The second-order valence-electron chi connectivity index (χ2n) is 3.55. The van der Waals surface area contributed by atoms with Gasteiger partial charge < -0.3 is 4.74 Å². The molecule has 14 heavy (non-hydrogen) atoms. The van der Waals surface area contributed by atoms with Crippen LogP contribution in [0, 0.1) is 11.7 Å². The van der Waals surface area contributed by atoms with Crippen LogP contribution in [0.1, 0.15) is 18.1 Å². The Labute approximate surface area is 87.8 Å². The Morgan fingerprint density at radius 2 is 2.07 bits per heavy atom. The third-order valence-electron chi connectivity index (χ3n) is 2.61. The van der Waals surface area contributed by atoms with Crippen LogP contribution in [0.15, 0.2) is 24.3 Å². The predicted octanol–water partition coefficient (Wildman–Crippen LogP) is 3.14. The van der Waals surface area contributed by atoms with E-state index in [0.29, 0.717) is 11.8 Å². The molecule has 1 aliphatic rings. The lowest BCUT2D eigenvalue weighted by Gasteiger charge is -2.16. The summed E-state index contributed by atoms with van der Waals surface area (Å²) in [6.07, 6.45) is 1.04. The molecule has 3 heteroatoms. The molecule has 2 rings (SSSR count). The smallest absolute Gasteiger partial charge is 0.123 e. The number of hydrogen-bond donors (Lipinski definition) is 0. The normalized spacial score (nSPS) is 26.7. The second-order valence-corrected chi connectivity index (χ2v) is 3.85. The minimum atomic E-state index is -0.214. The van der Waals surface area contributed by atoms with Crippen molar-refractivity contribution < 1.29 is 9.13 Å². The zero-order valence-electron chi connectivity index (χ0n) is 7.75. The van der Waals surface area contributed by atoms with E-state index in [0.717, 1.165) is 18.6 Å². The monoisotopic (exact) mass is 214 g/mol. The van der Waals surface area contributed by atoms with Crippen molar-refractivity contribution in [2.45, 2.75) is 12.5 Å². The van der Waals surface area contributed by atoms with Gasteiger partial charge in [0.05, 0.1) is 6.10 Å². The molecule has 0 radical (unpaired) electrons. The second kappa shape index (κ2) is 4.28. The van der Waals surface area contributed by atoms with E-state index < -0.39 is 0 Å². The molecule has 0 amide bonds. The zero-order valence-corrected chi connectivity index (χ0v) is 8.51. The molecule has 0 spiro atoms. The van der Waals surface area contributed by atoms with E-state index in [4.69, 9.17) is 16.3 Å². The molecule has 1 nitrogen and oxygen atoms in total. The molecule has 1 saturated heterocycles. The van der Waals surface area contributed by atoms with Crippen LogP contribution in [0.5, 0.6) is 0 Å². The van der Waals surface area contributed by atoms with Gasteiger partial charge >= 0.3 is 0 Å². The first kappa shape index (κ1) is 9.94. The lowest BCUT2D eigenvalue weighted by molar-refractivity contribution is 0.0951. The van der Waals surface area contributed by atoms with E-state index in [9.17, 15) is 4.39 Å². The molecule has 0 saturated carbocycles. The largest absolute Gasteiger partial charge is 0.373 e. The molecule has 2 unspecified atom stereocenters. The van der Waals surface area contributed by atoms with E-state index in [1.165, 1.54) is 12.1 Å². The zero-order chi connectivity index (χ0) is 9.97. The molecule has 76 valence electrons. The molecule has 1 heterocycles. The van der Waals surface area contributed by atoms with E-state index >= 15 is 0 Å². The maximum atomic E-state index is 12.7. The van der Waals surface area contributed by atoms with Crippen LogP contribution >= 0.6 is 11.6 Å². The summed E-state index contributed by atoms with van der Waals surface area (Å²) in [6.45, 7) is 0.749. The van der Waals surface area contributed by atoms with Gasteiger partial charge in [-0.2, -0.15) is 0 Å². The van der Waals surface area contributed by atoms with Gasteiger partial charge in [0.25, 0.3) is 0 Å². The molecule has 0 aliphatic carbocycles. The summed E-state index contributed by atoms with van der Waals surface area (Å²) in [5, 5.41) is 0. The Hall–Kier alpha value is -0.600. The first-order valence-electron chi connectivity index (χ1n) is 4.74. The van der Waals surface area contributed by atoms with Gasteiger partial charge in [0.15, 0.2) is 0 Å². The third kappa shape index (κ3) is 1.91. The highest BCUT2D eigenvalue weighted by Gasteiger charge is 2.28. The average molecular weight is 215 g/mol. The Morgan fingerprint density at radius 3 is 2.71 bits per heavy atom. The fourth-order valence-corrected chi connectivity index (χ4v) is 2.13. The van der Waals surface area contributed by atoms with Crippen LogP contribution in [-0.4, -0.2) is 12.5 Å². The van der Waals surface area contributed by atoms with Crippen molar-refractivity contribution in [3.8, 4) is 0 Å². The number of ether oxygens (including phenoxy) is 1. The fourth-order valence-electron chi connectivity index (χ4n) is 1.81. The Bertz CT molecular complexity index is 299. The molecule has 0 bridgehead atoms. The van der Waals surface area contributed by atoms with Crippen LogP contribution < -0.4 is 0 Å². The number of benzene rings is 1. The predicted molar refractivity (Wildman–Crippen MR) is 53.9 cm³/mol. The van der Waals surface area contributed by atoms with Gasteiger partial charge in [-0.05, 0) is 24.1 Å². The standard InChI is InChI=1S/C11H12ClFO/c12-7-9-5-6-14-11(9)8-1-3-10(13)4-2-8/h1-4,9,11H,5-7H2. The summed E-state index contributed by atoms with van der Waals surface area (Å²) in [4.78, 5) is 0. The summed E-state index contributed by atoms with van der Waals surface area (Å²) in [5.74, 6) is 0.749. The Morgan fingerprint density at radius 1 is 1.36 bits per heavy atom. The maximum Gasteiger partial charge on any atom is 0.123 e. The van der Waals surface area contributed by atoms with Gasteiger partial charge in [0.2, 0.25) is 0 Å². The Balaban J connectivity index is 2.17. The van der Waals surface area contributed by atoms with E-state index in [1.54, 1.807) is 12.1 Å². The summed E-state index contributed by atoms with van der Waals surface area (Å²) < 4.78 is 18.3. The molecule has 0 N–H and O–H groups in total. The molecule has 1 aromatic rings. The molecule has 1 aromatic carbocycles. The number of halogens is 2. The molecule has 0 aromatic heterocycles. The van der Waals surface area contributed by atoms with E-state index in [1.807, 2.05) is 0 Å². The minimum Gasteiger partial charge on any atom is -0.373 e. The van der Waals surface area contributed by atoms with Crippen molar-refractivity contribution in [1.29, 1.82) is 0 Å². The third-order valence-corrected chi connectivity index (χ3v) is 3.01. The van der Waals surface area contributed by atoms with Crippen molar-refractivity contribution in [3.05, 3.63) is 35.6 Å². The lowest BCUT2D eigenvalue weighted by Crippen LogP contribution is -2.08. The first-order valence-corrected chi connectivity index (χ1v) is 5.28. The summed E-state index contributed by atoms with van der Waals surface area (Å²) in [5.41, 5.74) is 1.02. The van der Waals surface area contributed by atoms with Gasteiger partial charge in [0, 0.05) is 18.4 Å². The topological polar surface area (TPSA) is 9.23 Å². The van der Waals surface area contributed by atoms with Crippen molar-refractivity contribution >= 4 is 11.6 Å². The van der Waals surface area contributed by atoms with Crippen LogP contribution in [-0.2, 0) is 4.74 Å². The SMILES string of the molecule is Fc1ccc(C2OCCC2CCl)cc1. The highest BCUT2D eigenvalue weighted by atomic mass is 35.5. The van der Waals surface area contributed by atoms with Gasteiger partial charge in [0.1, 0.15) is 5.82 Å². The van der Waals surface area contributed by atoms with Crippen molar-refractivity contribution in [3.63, 3.8) is 0 Å². The Kier molecular flexibility index (Phi) is 3.04. The quantitative estimate of drug-likeness (QED) is 0.688. The highest BCUT2D eigenvalue weighted by molar-refractivity contribution is 6.18. The lowest BCUT2D eigenvalue weighted by atomic mass is 9.97. The van der Waals surface area contributed by atoms with Gasteiger partial charge in [-0.15, -0.1) is 11.6 Å². The minimum absolute atomic E-state index is 0.0492. The van der Waals surface area contributed by atoms with Crippen molar-refractivity contribution in [1.82, 2.24) is 0 Å². The number of hydrogen-bond acceptors (Lipinski definition) is 1. The van der Waals surface area contributed by atoms with Gasteiger partial charge in [-0.3, -0.25) is 0 Å². The average Bonchev–Trinajstić information content (AvgIpc) is 2.67. The summed E-state index contributed by atoms with van der Waals surface area (Å²) in [7, 11) is 0. The van der Waals surface area contributed by atoms with Crippen molar-refractivity contribution in [2.24, 2.45) is 5.92 Å². The molecule has 1 fully saturated rings. The first-order chi connectivity index (χ1) is 6.81. The summed E-state index contributed by atoms with van der Waals surface area (Å²) in [6, 6.07) is 6.46. The summed E-state index contributed by atoms with van der Waals surface area (Å²) >= 11 is 5.83. The van der Waals surface area contributed by atoms with Crippen LogP contribution in [0.3, 0.4) is 0 Å². The van der Waals surface area contributed by atoms with Gasteiger partial charge in [-0.25, -0.2) is 4.39 Å². The number of rotatable bonds is 2. The molecular formula is C11H12ClFO. The fraction of sp³-hybridized carbons (Fsp3) is 0.455. The molecule has 1 aliphatic heterocycles. The van der Waals surface area contributed by atoms with E-state index in [-0.39, 0.29) is 11.9 Å². The number of alkyl halides is 1. The maximum absolute atomic E-state index is 12.7. The highest BCUT2D eigenvalue weighted by Crippen LogP contribution is 2.35. The van der Waals surface area contributed by atoms with E-state index in [2.05, 4.69) is 0 Å². The van der Waals surface area contributed by atoms with Crippen LogP contribution in [0.2, 0.25) is 0 Å². The van der Waals surface area contributed by atoms with Crippen LogP contribution in [0.4, 0.5) is 4.39 Å².